The average molecular weight is 557 g/mol. The second kappa shape index (κ2) is 13.4. The Bertz CT molecular complexity index is 1420. The van der Waals surface area contributed by atoms with Crippen molar-refractivity contribution in [1.82, 2.24) is 9.80 Å². The number of thioether (sulfide) groups is 2. The fourth-order valence-electron chi connectivity index (χ4n) is 3.97. The second-order valence-corrected chi connectivity index (χ2v) is 10.8. The van der Waals surface area contributed by atoms with Crippen LogP contribution in [-0.2, 0) is 11.3 Å². The van der Waals surface area contributed by atoms with Crippen LogP contribution >= 0.6 is 23.5 Å². The summed E-state index contributed by atoms with van der Waals surface area (Å²) in [5.41, 5.74) is 5.19. The molecule has 1 saturated heterocycles. The maximum Gasteiger partial charge on any atom is 0.267 e. The van der Waals surface area contributed by atoms with Crippen LogP contribution in [0.15, 0.2) is 99.6 Å². The van der Waals surface area contributed by atoms with Gasteiger partial charge in [0, 0.05) is 26.2 Å². The molecule has 1 heterocycles. The minimum absolute atomic E-state index is 0.0327. The molecule has 1 N–H and O–H groups in total. The van der Waals surface area contributed by atoms with Gasteiger partial charge in [0.15, 0.2) is 11.0 Å². The largest absolute Gasteiger partial charge is 0.384 e. The first-order valence-electron chi connectivity index (χ1n) is 12.7. The molecule has 1 aliphatic rings. The highest BCUT2D eigenvalue weighted by atomic mass is 32.2. The van der Waals surface area contributed by atoms with E-state index in [1.807, 2.05) is 86.4 Å². The molecule has 0 aliphatic carbocycles. The Morgan fingerprint density at radius 3 is 2.36 bits per heavy atom. The predicted octanol–water partition coefficient (Wildman–Crippen LogP) is 7.22. The number of amidine groups is 1. The molecule has 8 heteroatoms. The number of hydrogen-bond donors (Lipinski definition) is 1. The summed E-state index contributed by atoms with van der Waals surface area (Å²) in [7, 11) is 4.01. The summed E-state index contributed by atoms with van der Waals surface area (Å²) in [5.74, 6) is -0.128. The van der Waals surface area contributed by atoms with Gasteiger partial charge in [-0.1, -0.05) is 60.7 Å². The highest BCUT2D eigenvalue weighted by molar-refractivity contribution is 8.19. The Morgan fingerprint density at radius 1 is 1.03 bits per heavy atom. The quantitative estimate of drug-likeness (QED) is 0.210. The second-order valence-electron chi connectivity index (χ2n) is 9.07. The first-order chi connectivity index (χ1) is 18.9. The molecule has 4 rings (SSSR count). The first-order valence-corrected chi connectivity index (χ1v) is 14.4. The maximum atomic E-state index is 13.6. The molecule has 200 valence electrons. The number of carbonyl (C=O) groups excluding carboxylic acids is 2. The van der Waals surface area contributed by atoms with Gasteiger partial charge in [-0.3, -0.25) is 14.5 Å². The molecular weight excluding hydrogens is 525 g/mol. The number of carbonyl (C=O) groups is 2. The van der Waals surface area contributed by atoms with Gasteiger partial charge in [0.1, 0.15) is 0 Å². The highest BCUT2D eigenvalue weighted by Gasteiger charge is 2.33. The number of rotatable bonds is 10. The lowest BCUT2D eigenvalue weighted by Crippen LogP contribution is -2.28. The number of Topliss-reactive ketones (excluding diaryl/α,β-unsaturated/α-hetero) is 1. The smallest absolute Gasteiger partial charge is 0.267 e. The molecular formula is C31H32N4O2S2. The average Bonchev–Trinajstić information content (AvgIpc) is 3.22. The van der Waals surface area contributed by atoms with Crippen molar-refractivity contribution < 1.29 is 9.59 Å². The molecule has 0 saturated carbocycles. The van der Waals surface area contributed by atoms with Crippen molar-refractivity contribution in [2.45, 2.75) is 20.4 Å². The van der Waals surface area contributed by atoms with Crippen LogP contribution in [0.3, 0.4) is 0 Å². The van der Waals surface area contributed by atoms with Gasteiger partial charge in [-0.2, -0.15) is 0 Å². The number of aliphatic imine (C=N–C) groups is 1. The van der Waals surface area contributed by atoms with Crippen LogP contribution in [0.4, 0.5) is 11.4 Å². The van der Waals surface area contributed by atoms with Crippen molar-refractivity contribution in [3.8, 4) is 0 Å². The van der Waals surface area contributed by atoms with Gasteiger partial charge in [0.2, 0.25) is 0 Å². The molecule has 1 fully saturated rings. The molecule has 3 aromatic rings. The van der Waals surface area contributed by atoms with Crippen LogP contribution in [0.2, 0.25) is 0 Å². The zero-order valence-corrected chi connectivity index (χ0v) is 24.2. The lowest BCUT2D eigenvalue weighted by Gasteiger charge is -2.17. The number of benzene rings is 3. The van der Waals surface area contributed by atoms with E-state index in [9.17, 15) is 9.59 Å². The Morgan fingerprint density at radius 2 is 1.72 bits per heavy atom. The van der Waals surface area contributed by atoms with Crippen LogP contribution in [-0.4, -0.2) is 47.3 Å². The molecule has 1 aliphatic heterocycles. The van der Waals surface area contributed by atoms with Crippen molar-refractivity contribution in [2.75, 3.05) is 26.0 Å². The molecule has 0 unspecified atom stereocenters. The fourth-order valence-corrected chi connectivity index (χ4v) is 5.89. The monoisotopic (exact) mass is 556 g/mol. The minimum atomic E-state index is -0.0951. The maximum absolute atomic E-state index is 13.6. The molecule has 39 heavy (non-hydrogen) atoms. The molecule has 0 spiro atoms. The van der Waals surface area contributed by atoms with E-state index >= 15 is 0 Å². The van der Waals surface area contributed by atoms with E-state index in [2.05, 4.69) is 22.3 Å². The van der Waals surface area contributed by atoms with E-state index in [-0.39, 0.29) is 11.7 Å². The summed E-state index contributed by atoms with van der Waals surface area (Å²) in [6, 6.07) is 25.5. The molecule has 3 aromatic carbocycles. The highest BCUT2D eigenvalue weighted by Crippen LogP contribution is 2.37. The Hall–Kier alpha value is -3.75. The third-order valence-corrected chi connectivity index (χ3v) is 7.85. The van der Waals surface area contributed by atoms with Crippen LogP contribution in [0.5, 0.6) is 0 Å². The third-order valence-electron chi connectivity index (χ3n) is 5.97. The van der Waals surface area contributed by atoms with E-state index < -0.39 is 0 Å². The van der Waals surface area contributed by atoms with Crippen LogP contribution in [0.1, 0.15) is 35.3 Å². The van der Waals surface area contributed by atoms with Crippen molar-refractivity contribution >= 4 is 57.5 Å². The summed E-state index contributed by atoms with van der Waals surface area (Å²) in [5, 5.41) is 7.83. The Kier molecular flexibility index (Phi) is 9.68. The number of ketones is 1. The first kappa shape index (κ1) is 28.3. The van der Waals surface area contributed by atoms with Crippen molar-refractivity contribution in [1.29, 1.82) is 0 Å². The number of amides is 1. The van der Waals surface area contributed by atoms with Gasteiger partial charge in [-0.25, -0.2) is 4.99 Å². The molecule has 0 radical (unpaired) electrons. The normalized spacial score (nSPS) is 15.7. The van der Waals surface area contributed by atoms with E-state index in [1.165, 1.54) is 30.4 Å². The van der Waals surface area contributed by atoms with Crippen LogP contribution < -0.4 is 5.32 Å². The summed E-state index contributed by atoms with van der Waals surface area (Å²) < 4.78 is 0. The molecule has 0 atom stereocenters. The molecule has 0 aromatic heterocycles. The van der Waals surface area contributed by atoms with Gasteiger partial charge in [0.25, 0.3) is 5.91 Å². The Balaban J connectivity index is 1.69. The van der Waals surface area contributed by atoms with Gasteiger partial charge < -0.3 is 10.2 Å². The Labute approximate surface area is 238 Å². The summed E-state index contributed by atoms with van der Waals surface area (Å²) in [4.78, 5) is 35.0. The number of nitrogens with one attached hydrogen (secondary N) is 1. The van der Waals surface area contributed by atoms with E-state index in [0.29, 0.717) is 34.4 Å². The van der Waals surface area contributed by atoms with Crippen LogP contribution in [0.25, 0.3) is 5.70 Å². The summed E-state index contributed by atoms with van der Waals surface area (Å²) >= 11 is 2.82. The SMILES string of the molecule is CCNc1ccc(C(C)=O)cc1N=C1S/C(=C\S/C=C(/c2ccccc2)N(C)C)C(=O)N1Cc1ccccc1. The van der Waals surface area contributed by atoms with Crippen molar-refractivity contribution in [3.63, 3.8) is 0 Å². The fraction of sp³-hybridized carbons (Fsp3) is 0.194. The van der Waals surface area contributed by atoms with Gasteiger partial charge in [-0.05, 0) is 65.8 Å². The lowest BCUT2D eigenvalue weighted by atomic mass is 10.1. The summed E-state index contributed by atoms with van der Waals surface area (Å²) in [6.45, 7) is 4.66. The van der Waals surface area contributed by atoms with E-state index in [1.54, 1.807) is 17.0 Å². The minimum Gasteiger partial charge on any atom is -0.384 e. The zero-order chi connectivity index (χ0) is 27.8. The number of anilines is 1. The van der Waals surface area contributed by atoms with Crippen LogP contribution in [0, 0.1) is 0 Å². The molecule has 6 nitrogen and oxygen atoms in total. The molecule has 1 amide bonds. The zero-order valence-electron chi connectivity index (χ0n) is 22.5. The topological polar surface area (TPSA) is 65.0 Å². The number of hydrogen-bond acceptors (Lipinski definition) is 7. The summed E-state index contributed by atoms with van der Waals surface area (Å²) in [6.07, 6.45) is 0. The van der Waals surface area contributed by atoms with E-state index in [4.69, 9.17) is 4.99 Å². The standard InChI is InChI=1S/C31H32N4O2S2/c1-5-32-26-17-16-25(22(2)36)18-27(26)33-31-35(19-23-12-8-6-9-13-23)30(37)29(39-31)21-38-20-28(34(3)4)24-14-10-7-11-15-24/h6-18,20-21,32H,5,19H2,1-4H3/b28-20-,29-21-,33-31?. The number of nitrogens with zero attached hydrogens (tertiary/aromatic N) is 3. The van der Waals surface area contributed by atoms with Gasteiger partial charge in [0.05, 0.1) is 28.5 Å². The van der Waals surface area contributed by atoms with Gasteiger partial charge in [-0.15, -0.1) is 11.8 Å². The van der Waals surface area contributed by atoms with Crippen molar-refractivity contribution in [3.05, 3.63) is 111 Å². The van der Waals surface area contributed by atoms with Crippen molar-refractivity contribution in [2.24, 2.45) is 4.99 Å². The van der Waals surface area contributed by atoms with Gasteiger partial charge >= 0.3 is 0 Å². The lowest BCUT2D eigenvalue weighted by molar-refractivity contribution is -0.122. The third kappa shape index (κ3) is 7.22. The molecule has 0 bridgehead atoms. The van der Waals surface area contributed by atoms with E-state index in [0.717, 1.165) is 22.5 Å². The predicted molar refractivity (Wildman–Crippen MR) is 166 cm³/mol.